The third-order valence-corrected chi connectivity index (χ3v) is 2.03. The molecule has 0 saturated carbocycles. The van der Waals surface area contributed by atoms with E-state index in [9.17, 15) is 4.79 Å². The zero-order valence-electron chi connectivity index (χ0n) is 7.26. The molecule has 0 radical (unpaired) electrons. The van der Waals surface area contributed by atoms with Crippen LogP contribution in [0.5, 0.6) is 0 Å². The first-order chi connectivity index (χ1) is 5.34. The summed E-state index contributed by atoms with van der Waals surface area (Å²) >= 11 is 1.51. The topological polar surface area (TPSA) is 17.1 Å². The molecule has 0 aliphatic rings. The van der Waals surface area contributed by atoms with Crippen LogP contribution in [0.2, 0.25) is 0 Å². The first kappa shape index (κ1) is 10.4. The summed E-state index contributed by atoms with van der Waals surface area (Å²) in [6.07, 6.45) is 0.612. The zero-order valence-corrected chi connectivity index (χ0v) is 8.07. The van der Waals surface area contributed by atoms with Crippen molar-refractivity contribution in [3.8, 4) is 0 Å². The number of thiophene rings is 1. The summed E-state index contributed by atoms with van der Waals surface area (Å²) in [6, 6.07) is 3.75. The normalized spacial score (nSPS) is 8.27. The predicted octanol–water partition coefficient (Wildman–Crippen LogP) is 3.37. The predicted molar refractivity (Wildman–Crippen MR) is 50.3 cm³/mol. The summed E-state index contributed by atoms with van der Waals surface area (Å²) in [7, 11) is 0. The lowest BCUT2D eigenvalue weighted by Gasteiger charge is -1.86. The molecule has 0 saturated heterocycles. The van der Waals surface area contributed by atoms with Crippen LogP contribution in [0.25, 0.3) is 0 Å². The molecule has 0 fully saturated rings. The maximum absolute atomic E-state index is 10.9. The quantitative estimate of drug-likeness (QED) is 0.622. The summed E-state index contributed by atoms with van der Waals surface area (Å²) in [5.41, 5.74) is 0. The van der Waals surface area contributed by atoms with E-state index < -0.39 is 0 Å². The van der Waals surface area contributed by atoms with Gasteiger partial charge < -0.3 is 0 Å². The van der Waals surface area contributed by atoms with Crippen molar-refractivity contribution >= 4 is 17.1 Å². The Balaban J connectivity index is 0.000000461. The Morgan fingerprint density at radius 2 is 2.18 bits per heavy atom. The van der Waals surface area contributed by atoms with E-state index in [-0.39, 0.29) is 5.78 Å². The molecular formula is C9H14OS. The number of Topliss-reactive ketones (excluding diaryl/α,β-unsaturated/α-hetero) is 1. The molecule has 0 N–H and O–H groups in total. The second-order valence-corrected chi connectivity index (χ2v) is 2.70. The van der Waals surface area contributed by atoms with Crippen LogP contribution in [0.4, 0.5) is 0 Å². The van der Waals surface area contributed by atoms with Crippen LogP contribution in [0, 0.1) is 0 Å². The van der Waals surface area contributed by atoms with Crippen LogP contribution in [-0.2, 0) is 0 Å². The third-order valence-electron chi connectivity index (χ3n) is 1.12. The Kier molecular flexibility index (Phi) is 5.75. The SMILES string of the molecule is CC.CCC(=O)c1cccs1. The molecule has 0 unspecified atom stereocenters. The summed E-state index contributed by atoms with van der Waals surface area (Å²) in [4.78, 5) is 11.8. The molecule has 1 aromatic rings. The molecule has 0 aliphatic heterocycles. The van der Waals surface area contributed by atoms with E-state index in [1.165, 1.54) is 11.3 Å². The number of rotatable bonds is 2. The van der Waals surface area contributed by atoms with Gasteiger partial charge in [-0.3, -0.25) is 4.79 Å². The molecule has 0 spiro atoms. The molecule has 1 rings (SSSR count). The summed E-state index contributed by atoms with van der Waals surface area (Å²) in [5, 5.41) is 1.92. The van der Waals surface area contributed by atoms with Gasteiger partial charge in [0.2, 0.25) is 0 Å². The molecule has 0 amide bonds. The smallest absolute Gasteiger partial charge is 0.172 e. The van der Waals surface area contributed by atoms with Gasteiger partial charge >= 0.3 is 0 Å². The second-order valence-electron chi connectivity index (χ2n) is 1.75. The van der Waals surface area contributed by atoms with E-state index in [1.807, 2.05) is 38.3 Å². The van der Waals surface area contributed by atoms with Crippen molar-refractivity contribution in [3.05, 3.63) is 22.4 Å². The Labute approximate surface area is 72.1 Å². The number of carbonyl (C=O) groups is 1. The zero-order chi connectivity index (χ0) is 8.69. The lowest BCUT2D eigenvalue weighted by Crippen LogP contribution is -1.90. The van der Waals surface area contributed by atoms with Gasteiger partial charge in [0.1, 0.15) is 0 Å². The van der Waals surface area contributed by atoms with Gasteiger partial charge in [0.05, 0.1) is 4.88 Å². The number of hydrogen-bond donors (Lipinski definition) is 0. The van der Waals surface area contributed by atoms with Gasteiger partial charge in [-0.25, -0.2) is 0 Å². The average molecular weight is 170 g/mol. The van der Waals surface area contributed by atoms with Crippen LogP contribution in [0.15, 0.2) is 17.5 Å². The van der Waals surface area contributed by atoms with Gasteiger partial charge in [-0.05, 0) is 11.4 Å². The molecule has 0 aliphatic carbocycles. The van der Waals surface area contributed by atoms with Gasteiger partial charge in [-0.1, -0.05) is 26.8 Å². The van der Waals surface area contributed by atoms with Crippen LogP contribution in [-0.4, -0.2) is 5.78 Å². The van der Waals surface area contributed by atoms with Crippen molar-refractivity contribution < 1.29 is 4.79 Å². The Morgan fingerprint density at radius 3 is 2.55 bits per heavy atom. The molecule has 0 atom stereocenters. The Hall–Kier alpha value is -0.630. The van der Waals surface area contributed by atoms with Crippen molar-refractivity contribution in [2.45, 2.75) is 27.2 Å². The highest BCUT2D eigenvalue weighted by Crippen LogP contribution is 2.10. The van der Waals surface area contributed by atoms with Crippen molar-refractivity contribution in [1.82, 2.24) is 0 Å². The van der Waals surface area contributed by atoms with E-state index in [0.717, 1.165) is 4.88 Å². The van der Waals surface area contributed by atoms with Crippen molar-refractivity contribution in [2.24, 2.45) is 0 Å². The first-order valence-corrected chi connectivity index (χ1v) is 4.79. The van der Waals surface area contributed by atoms with Crippen LogP contribution in [0.3, 0.4) is 0 Å². The Bertz CT molecular complexity index is 189. The minimum atomic E-state index is 0.241. The highest BCUT2D eigenvalue weighted by Gasteiger charge is 2.00. The highest BCUT2D eigenvalue weighted by molar-refractivity contribution is 7.12. The lowest BCUT2D eigenvalue weighted by atomic mass is 10.3. The van der Waals surface area contributed by atoms with E-state index in [2.05, 4.69) is 0 Å². The first-order valence-electron chi connectivity index (χ1n) is 3.91. The van der Waals surface area contributed by atoms with Gasteiger partial charge in [0.15, 0.2) is 5.78 Å². The minimum Gasteiger partial charge on any atom is -0.293 e. The molecule has 1 aromatic heterocycles. The fourth-order valence-electron chi connectivity index (χ4n) is 0.611. The van der Waals surface area contributed by atoms with Crippen LogP contribution >= 0.6 is 11.3 Å². The van der Waals surface area contributed by atoms with Crippen molar-refractivity contribution in [2.75, 3.05) is 0 Å². The molecule has 0 bridgehead atoms. The van der Waals surface area contributed by atoms with Gasteiger partial charge in [-0.15, -0.1) is 11.3 Å². The second kappa shape index (κ2) is 6.10. The summed E-state index contributed by atoms with van der Waals surface area (Å²) in [6.45, 7) is 5.88. The average Bonchev–Trinajstić information content (AvgIpc) is 2.59. The van der Waals surface area contributed by atoms with Crippen LogP contribution < -0.4 is 0 Å². The molecule has 62 valence electrons. The minimum absolute atomic E-state index is 0.241. The molecule has 0 aromatic carbocycles. The molecule has 11 heavy (non-hydrogen) atoms. The fraction of sp³-hybridized carbons (Fsp3) is 0.444. The molecular weight excluding hydrogens is 156 g/mol. The van der Waals surface area contributed by atoms with E-state index in [1.54, 1.807) is 0 Å². The number of carbonyl (C=O) groups excluding carboxylic acids is 1. The van der Waals surface area contributed by atoms with Crippen LogP contribution in [0.1, 0.15) is 36.9 Å². The summed E-state index contributed by atoms with van der Waals surface area (Å²) < 4.78 is 0. The maximum atomic E-state index is 10.9. The van der Waals surface area contributed by atoms with Crippen molar-refractivity contribution in [3.63, 3.8) is 0 Å². The third kappa shape index (κ3) is 3.33. The highest BCUT2D eigenvalue weighted by atomic mass is 32.1. The van der Waals surface area contributed by atoms with Gasteiger partial charge in [0.25, 0.3) is 0 Å². The molecule has 1 heterocycles. The van der Waals surface area contributed by atoms with E-state index in [0.29, 0.717) is 6.42 Å². The standard InChI is InChI=1S/C7H8OS.C2H6/c1-2-6(8)7-4-3-5-9-7;1-2/h3-5H,2H2,1H3;1-2H3. The van der Waals surface area contributed by atoms with E-state index >= 15 is 0 Å². The number of hydrogen-bond acceptors (Lipinski definition) is 2. The molecule has 2 heteroatoms. The monoisotopic (exact) mass is 170 g/mol. The van der Waals surface area contributed by atoms with Gasteiger partial charge in [-0.2, -0.15) is 0 Å². The maximum Gasteiger partial charge on any atom is 0.172 e. The van der Waals surface area contributed by atoms with Gasteiger partial charge in [0, 0.05) is 6.42 Å². The Morgan fingerprint density at radius 1 is 1.55 bits per heavy atom. The largest absolute Gasteiger partial charge is 0.293 e. The summed E-state index contributed by atoms with van der Waals surface area (Å²) in [5.74, 6) is 0.241. The van der Waals surface area contributed by atoms with E-state index in [4.69, 9.17) is 0 Å². The molecule has 1 nitrogen and oxygen atoms in total. The van der Waals surface area contributed by atoms with Crippen molar-refractivity contribution in [1.29, 1.82) is 0 Å². The fourth-order valence-corrected chi connectivity index (χ4v) is 1.35. The number of ketones is 1. The lowest BCUT2D eigenvalue weighted by molar-refractivity contribution is 0.0992.